The monoisotopic (exact) mass is 411 g/mol. The number of hydrogen-bond acceptors (Lipinski definition) is 6. The quantitative estimate of drug-likeness (QED) is 0.476. The van der Waals surface area contributed by atoms with Crippen LogP contribution in [0.4, 0.5) is 0 Å². The first-order chi connectivity index (χ1) is 14.0. The van der Waals surface area contributed by atoms with Crippen LogP contribution in [-0.4, -0.2) is 46.7 Å². The van der Waals surface area contributed by atoms with Crippen molar-refractivity contribution in [1.82, 2.24) is 20.4 Å². The summed E-state index contributed by atoms with van der Waals surface area (Å²) in [4.78, 5) is 25.5. The number of carbonyl (C=O) groups excluding carboxylic acids is 2. The minimum atomic E-state index is -0.504. The Labute approximate surface area is 172 Å². The molecule has 148 valence electrons. The topological polar surface area (TPSA) is 98.5 Å². The lowest BCUT2D eigenvalue weighted by atomic mass is 10.1. The summed E-state index contributed by atoms with van der Waals surface area (Å²) in [5, 5.41) is 14.8. The number of benzene rings is 2. The zero-order chi connectivity index (χ0) is 20.8. The lowest BCUT2D eigenvalue weighted by Gasteiger charge is -2.06. The minimum Gasteiger partial charge on any atom is -0.466 e. The van der Waals surface area contributed by atoms with E-state index in [1.807, 2.05) is 31.2 Å². The Bertz CT molecular complexity index is 1040. The molecule has 0 spiro atoms. The van der Waals surface area contributed by atoms with E-state index in [-0.39, 0.29) is 24.0 Å². The molecule has 3 aromatic rings. The summed E-state index contributed by atoms with van der Waals surface area (Å²) in [7, 11) is 1.46. The Kier molecular flexibility index (Phi) is 6.36. The molecule has 0 radical (unpaired) electrons. The number of aryl methyl sites for hydroxylation is 1. The molecule has 2 aromatic carbocycles. The van der Waals surface area contributed by atoms with Crippen molar-refractivity contribution < 1.29 is 14.3 Å². The number of amides is 1. The van der Waals surface area contributed by atoms with Crippen molar-refractivity contribution in [3.05, 3.63) is 75.9 Å². The van der Waals surface area contributed by atoms with Crippen LogP contribution >= 0.6 is 11.6 Å². The average molecular weight is 412 g/mol. The highest BCUT2D eigenvalue weighted by atomic mass is 35.5. The van der Waals surface area contributed by atoms with E-state index in [1.54, 1.807) is 30.5 Å². The van der Waals surface area contributed by atoms with Crippen molar-refractivity contribution in [1.29, 1.82) is 0 Å². The van der Waals surface area contributed by atoms with Gasteiger partial charge in [0.1, 0.15) is 0 Å². The molecule has 0 atom stereocenters. The Morgan fingerprint density at radius 2 is 1.86 bits per heavy atom. The van der Waals surface area contributed by atoms with Gasteiger partial charge in [0.05, 0.1) is 6.21 Å². The van der Waals surface area contributed by atoms with Crippen LogP contribution in [-0.2, 0) is 0 Å². The first-order valence-corrected chi connectivity index (χ1v) is 9.06. The van der Waals surface area contributed by atoms with Gasteiger partial charge in [0.2, 0.25) is 5.69 Å². The Balaban J connectivity index is 1.82. The minimum absolute atomic E-state index is 0.0324. The van der Waals surface area contributed by atoms with Crippen LogP contribution in [0.5, 0.6) is 5.88 Å². The van der Waals surface area contributed by atoms with Gasteiger partial charge in [-0.15, -0.1) is 5.10 Å². The van der Waals surface area contributed by atoms with E-state index in [0.717, 1.165) is 15.9 Å². The fourth-order valence-corrected chi connectivity index (χ4v) is 2.48. The highest BCUT2D eigenvalue weighted by Crippen LogP contribution is 2.17. The first-order valence-electron chi connectivity index (χ1n) is 8.68. The number of Topliss-reactive ketones (excluding diaryl/α,β-unsaturated/α-hetero) is 1. The fraction of sp³-hybridized carbons (Fsp3) is 0.150. The number of hydrogen-bond donors (Lipinski definition) is 1. The molecule has 0 bridgehead atoms. The Hall–Kier alpha value is -3.52. The summed E-state index contributed by atoms with van der Waals surface area (Å²) < 4.78 is 5.57. The van der Waals surface area contributed by atoms with E-state index < -0.39 is 5.91 Å². The number of carbonyl (C=O) groups is 2. The van der Waals surface area contributed by atoms with E-state index in [0.29, 0.717) is 10.6 Å². The SMILES string of the molecule is CNC(=O)c1nnn(/N=C\c2ccc(C)cc2)c1OCC(=O)c1ccc(Cl)cc1. The molecule has 1 aromatic heterocycles. The van der Waals surface area contributed by atoms with Crippen molar-refractivity contribution in [2.45, 2.75) is 6.92 Å². The zero-order valence-electron chi connectivity index (χ0n) is 15.8. The number of ether oxygens (including phenoxy) is 1. The molecular formula is C20H18ClN5O3. The van der Waals surface area contributed by atoms with Crippen molar-refractivity contribution in [2.75, 3.05) is 13.7 Å². The molecule has 29 heavy (non-hydrogen) atoms. The third-order valence-electron chi connectivity index (χ3n) is 3.96. The Morgan fingerprint density at radius 3 is 2.52 bits per heavy atom. The van der Waals surface area contributed by atoms with Crippen molar-refractivity contribution >= 4 is 29.5 Å². The van der Waals surface area contributed by atoms with Gasteiger partial charge < -0.3 is 10.1 Å². The highest BCUT2D eigenvalue weighted by molar-refractivity contribution is 6.30. The van der Waals surface area contributed by atoms with Gasteiger partial charge in [-0.1, -0.05) is 46.2 Å². The maximum atomic E-state index is 12.4. The number of ketones is 1. The average Bonchev–Trinajstić information content (AvgIpc) is 3.14. The molecule has 9 heteroatoms. The molecule has 0 fully saturated rings. The highest BCUT2D eigenvalue weighted by Gasteiger charge is 2.21. The van der Waals surface area contributed by atoms with Crippen LogP contribution in [0.2, 0.25) is 5.02 Å². The smallest absolute Gasteiger partial charge is 0.277 e. The third-order valence-corrected chi connectivity index (χ3v) is 4.21. The summed E-state index contributed by atoms with van der Waals surface area (Å²) >= 11 is 5.84. The number of halogens is 1. The van der Waals surface area contributed by atoms with E-state index in [1.165, 1.54) is 7.05 Å². The molecule has 0 aliphatic rings. The zero-order valence-corrected chi connectivity index (χ0v) is 16.6. The summed E-state index contributed by atoms with van der Waals surface area (Å²) in [5.74, 6) is -0.828. The predicted molar refractivity (Wildman–Crippen MR) is 109 cm³/mol. The summed E-state index contributed by atoms with van der Waals surface area (Å²) in [5.41, 5.74) is 2.31. The van der Waals surface area contributed by atoms with E-state index in [2.05, 4.69) is 20.7 Å². The van der Waals surface area contributed by atoms with Gasteiger partial charge >= 0.3 is 0 Å². The van der Waals surface area contributed by atoms with Crippen LogP contribution in [0.3, 0.4) is 0 Å². The Morgan fingerprint density at radius 1 is 1.17 bits per heavy atom. The second-order valence-electron chi connectivity index (χ2n) is 6.09. The van der Waals surface area contributed by atoms with E-state index in [9.17, 15) is 9.59 Å². The van der Waals surface area contributed by atoms with Crippen molar-refractivity contribution in [2.24, 2.45) is 5.10 Å². The first kappa shape index (κ1) is 20.2. The van der Waals surface area contributed by atoms with E-state index in [4.69, 9.17) is 16.3 Å². The van der Waals surface area contributed by atoms with Crippen LogP contribution < -0.4 is 10.1 Å². The maximum absolute atomic E-state index is 12.4. The molecule has 1 N–H and O–H groups in total. The molecule has 3 rings (SSSR count). The standard InChI is InChI=1S/C20H18ClN5O3/c1-13-3-5-14(6-4-13)11-23-26-20(18(24-25-26)19(28)22-2)29-12-17(27)15-7-9-16(21)10-8-15/h3-11H,12H2,1-2H3,(H,22,28)/b23-11-. The molecule has 8 nitrogen and oxygen atoms in total. The second kappa shape index (κ2) is 9.11. The van der Waals surface area contributed by atoms with Crippen LogP contribution in [0.15, 0.2) is 53.6 Å². The summed E-state index contributed by atoms with van der Waals surface area (Å²) in [6.45, 7) is 1.66. The second-order valence-corrected chi connectivity index (χ2v) is 6.52. The molecule has 0 saturated carbocycles. The molecule has 0 aliphatic heterocycles. The summed E-state index contributed by atoms with van der Waals surface area (Å²) in [6, 6.07) is 14.1. The van der Waals surface area contributed by atoms with Gasteiger partial charge in [-0.2, -0.15) is 5.10 Å². The summed E-state index contributed by atoms with van der Waals surface area (Å²) in [6.07, 6.45) is 1.55. The molecular weight excluding hydrogens is 394 g/mol. The largest absolute Gasteiger partial charge is 0.466 e. The van der Waals surface area contributed by atoms with Crippen LogP contribution in [0.25, 0.3) is 0 Å². The lowest BCUT2D eigenvalue weighted by molar-refractivity contribution is 0.0898. The van der Waals surface area contributed by atoms with Crippen LogP contribution in [0, 0.1) is 6.92 Å². The maximum Gasteiger partial charge on any atom is 0.277 e. The van der Waals surface area contributed by atoms with Gasteiger partial charge in [-0.3, -0.25) is 9.59 Å². The van der Waals surface area contributed by atoms with Gasteiger partial charge in [0.25, 0.3) is 11.8 Å². The predicted octanol–water partition coefficient (Wildman–Crippen LogP) is 2.74. The fourth-order valence-electron chi connectivity index (χ4n) is 2.35. The third kappa shape index (κ3) is 5.05. The normalized spacial score (nSPS) is 10.9. The van der Waals surface area contributed by atoms with Crippen LogP contribution in [0.1, 0.15) is 32.0 Å². The molecule has 0 aliphatic carbocycles. The molecule has 0 unspecified atom stereocenters. The van der Waals surface area contributed by atoms with Gasteiger partial charge in [-0.05, 0) is 42.0 Å². The number of nitrogens with one attached hydrogen (secondary N) is 1. The van der Waals surface area contributed by atoms with E-state index >= 15 is 0 Å². The molecule has 1 heterocycles. The van der Waals surface area contributed by atoms with Gasteiger partial charge in [-0.25, -0.2) is 0 Å². The van der Waals surface area contributed by atoms with Crippen molar-refractivity contribution in [3.8, 4) is 5.88 Å². The number of aromatic nitrogens is 3. The van der Waals surface area contributed by atoms with Crippen molar-refractivity contribution in [3.63, 3.8) is 0 Å². The number of nitrogens with zero attached hydrogens (tertiary/aromatic N) is 4. The lowest BCUT2D eigenvalue weighted by Crippen LogP contribution is -2.21. The van der Waals surface area contributed by atoms with Gasteiger partial charge in [0.15, 0.2) is 12.4 Å². The molecule has 1 amide bonds. The van der Waals surface area contributed by atoms with Gasteiger partial charge in [0, 0.05) is 17.6 Å². The molecule has 0 saturated heterocycles. The number of rotatable bonds is 7.